The lowest BCUT2D eigenvalue weighted by Crippen LogP contribution is -2.52. The second-order valence-electron chi connectivity index (χ2n) is 9.20. The molecule has 2 heterocycles. The van der Waals surface area contributed by atoms with Gasteiger partial charge in [0.15, 0.2) is 6.04 Å². The molecule has 0 aromatic heterocycles. The minimum Gasteiger partial charge on any atom is -0.337 e. The Hall–Kier alpha value is -3.73. The van der Waals surface area contributed by atoms with E-state index in [0.29, 0.717) is 12.1 Å². The van der Waals surface area contributed by atoms with Gasteiger partial charge in [-0.2, -0.15) is 13.2 Å². The van der Waals surface area contributed by atoms with Gasteiger partial charge < -0.3 is 15.1 Å². The van der Waals surface area contributed by atoms with Gasteiger partial charge in [-0.25, -0.2) is 0 Å². The van der Waals surface area contributed by atoms with Crippen molar-refractivity contribution in [3.8, 4) is 0 Å². The maximum Gasteiger partial charge on any atom is 0.412 e. The average Bonchev–Trinajstić information content (AvgIpc) is 3.12. The number of imide groups is 1. The van der Waals surface area contributed by atoms with Crippen LogP contribution >= 0.6 is 0 Å². The first-order valence-corrected chi connectivity index (χ1v) is 11.3. The summed E-state index contributed by atoms with van der Waals surface area (Å²) in [7, 11) is 3.70. The molecule has 2 atom stereocenters. The summed E-state index contributed by atoms with van der Waals surface area (Å²) >= 11 is 0. The zero-order chi connectivity index (χ0) is 26.2. The van der Waals surface area contributed by atoms with E-state index in [0.717, 1.165) is 5.56 Å². The highest BCUT2D eigenvalue weighted by Crippen LogP contribution is 2.34. The number of carbonyl (C=O) groups excluding carboxylic acids is 4. The van der Waals surface area contributed by atoms with Crippen LogP contribution in [0.3, 0.4) is 0 Å². The minimum atomic E-state index is -4.73. The van der Waals surface area contributed by atoms with Crippen molar-refractivity contribution < 1.29 is 32.3 Å². The van der Waals surface area contributed by atoms with E-state index in [2.05, 4.69) is 10.6 Å². The number of rotatable bonds is 6. The first kappa shape index (κ1) is 25.4. The smallest absolute Gasteiger partial charge is 0.337 e. The number of nitrogens with zero attached hydrogens (tertiary/aromatic N) is 2. The van der Waals surface area contributed by atoms with E-state index in [9.17, 15) is 32.3 Å². The van der Waals surface area contributed by atoms with Crippen LogP contribution in [0.25, 0.3) is 0 Å². The Bertz CT molecular complexity index is 1210. The van der Waals surface area contributed by atoms with Crippen molar-refractivity contribution in [3.05, 3.63) is 70.3 Å². The Kier molecular flexibility index (Phi) is 6.85. The molecular weight excluding hydrogens is 477 g/mol. The number of amides is 4. The molecule has 0 saturated carbocycles. The zero-order valence-electron chi connectivity index (χ0n) is 19.7. The van der Waals surface area contributed by atoms with Gasteiger partial charge in [-0.3, -0.25) is 24.5 Å². The molecule has 11 heteroatoms. The summed E-state index contributed by atoms with van der Waals surface area (Å²) in [6.07, 6.45) is -4.45. The summed E-state index contributed by atoms with van der Waals surface area (Å²) in [6.45, 7) is 0.574. The van der Waals surface area contributed by atoms with Crippen LogP contribution in [-0.4, -0.2) is 59.7 Å². The Morgan fingerprint density at radius 2 is 1.83 bits per heavy atom. The third-order valence-corrected chi connectivity index (χ3v) is 6.20. The molecule has 2 aromatic carbocycles. The van der Waals surface area contributed by atoms with Gasteiger partial charge in [0.2, 0.25) is 11.8 Å². The summed E-state index contributed by atoms with van der Waals surface area (Å²) < 4.78 is 41.5. The number of carbonyl (C=O) groups is 4. The maximum absolute atomic E-state index is 13.8. The first-order chi connectivity index (χ1) is 16.9. The topological polar surface area (TPSA) is 98.8 Å². The number of fused-ring (bicyclic) bond motifs is 1. The molecule has 190 valence electrons. The van der Waals surface area contributed by atoms with E-state index in [1.165, 1.54) is 35.2 Å². The van der Waals surface area contributed by atoms with Gasteiger partial charge in [0.05, 0.1) is 0 Å². The highest BCUT2D eigenvalue weighted by molar-refractivity contribution is 6.06. The van der Waals surface area contributed by atoms with Crippen molar-refractivity contribution in [1.82, 2.24) is 20.4 Å². The number of alkyl halides is 3. The number of hydrogen-bond acceptors (Lipinski definition) is 5. The highest BCUT2D eigenvalue weighted by atomic mass is 19.4. The van der Waals surface area contributed by atoms with E-state index in [1.54, 1.807) is 12.1 Å². The summed E-state index contributed by atoms with van der Waals surface area (Å²) in [5, 5.41) is 4.27. The molecule has 2 aromatic rings. The predicted octanol–water partition coefficient (Wildman–Crippen LogP) is 2.54. The monoisotopic (exact) mass is 502 g/mol. The van der Waals surface area contributed by atoms with Crippen molar-refractivity contribution in [3.63, 3.8) is 0 Å². The summed E-state index contributed by atoms with van der Waals surface area (Å²) in [4.78, 5) is 52.4. The van der Waals surface area contributed by atoms with E-state index >= 15 is 0 Å². The van der Waals surface area contributed by atoms with Crippen molar-refractivity contribution in [2.75, 3.05) is 14.1 Å². The second-order valence-corrected chi connectivity index (χ2v) is 9.20. The number of piperidine rings is 1. The summed E-state index contributed by atoms with van der Waals surface area (Å²) in [5.41, 5.74) is 1.39. The van der Waals surface area contributed by atoms with Gasteiger partial charge in [0.1, 0.15) is 6.04 Å². The van der Waals surface area contributed by atoms with Gasteiger partial charge in [-0.05, 0) is 55.4 Å². The third-order valence-electron chi connectivity index (χ3n) is 6.20. The van der Waals surface area contributed by atoms with E-state index < -0.39 is 41.9 Å². The molecule has 0 spiro atoms. The Morgan fingerprint density at radius 3 is 2.44 bits per heavy atom. The minimum absolute atomic E-state index is 0.0115. The Labute approximate surface area is 205 Å². The normalized spacial score (nSPS) is 18.8. The molecule has 2 aliphatic rings. The number of halogens is 3. The molecule has 0 aliphatic carbocycles. The second kappa shape index (κ2) is 9.73. The largest absolute Gasteiger partial charge is 0.412 e. The van der Waals surface area contributed by atoms with Gasteiger partial charge in [0, 0.05) is 30.6 Å². The van der Waals surface area contributed by atoms with Crippen LogP contribution in [0.1, 0.15) is 56.3 Å². The average molecular weight is 502 g/mol. The molecule has 1 saturated heterocycles. The Morgan fingerprint density at radius 1 is 1.14 bits per heavy atom. The molecule has 1 fully saturated rings. The van der Waals surface area contributed by atoms with Crippen molar-refractivity contribution in [1.29, 1.82) is 0 Å². The van der Waals surface area contributed by atoms with Gasteiger partial charge >= 0.3 is 6.18 Å². The molecular formula is C25H25F3N4O4. The van der Waals surface area contributed by atoms with Crippen LogP contribution in [0.4, 0.5) is 13.2 Å². The fraction of sp³-hybridized carbons (Fsp3) is 0.360. The standard InChI is InChI=1S/C25H25F3N4O4/c1-31(2)12-14-3-5-15(6-4-14)21(25(26,27)28)30-22(34)16-7-8-18-17(11-16)13-32(24(18)36)19-9-10-20(33)29-23(19)35/h3-8,11,19,21H,9-10,12-13H2,1-2H3,(H,30,34)(H,29,33,35). The van der Waals surface area contributed by atoms with Crippen molar-refractivity contribution in [2.45, 2.75) is 44.2 Å². The van der Waals surface area contributed by atoms with Crippen LogP contribution in [0.5, 0.6) is 0 Å². The number of nitrogens with one attached hydrogen (secondary N) is 2. The van der Waals surface area contributed by atoms with Crippen molar-refractivity contribution in [2.24, 2.45) is 0 Å². The molecule has 8 nitrogen and oxygen atoms in total. The van der Waals surface area contributed by atoms with Crippen LogP contribution < -0.4 is 10.6 Å². The first-order valence-electron chi connectivity index (χ1n) is 11.3. The zero-order valence-corrected chi connectivity index (χ0v) is 19.7. The van der Waals surface area contributed by atoms with Gasteiger partial charge in [0.25, 0.3) is 11.8 Å². The molecule has 2 aliphatic heterocycles. The maximum atomic E-state index is 13.8. The van der Waals surface area contributed by atoms with Crippen LogP contribution in [0.2, 0.25) is 0 Å². The fourth-order valence-corrected chi connectivity index (χ4v) is 4.46. The van der Waals surface area contributed by atoms with Gasteiger partial charge in [-0.15, -0.1) is 0 Å². The van der Waals surface area contributed by atoms with Gasteiger partial charge in [-0.1, -0.05) is 24.3 Å². The Balaban J connectivity index is 1.51. The van der Waals surface area contributed by atoms with E-state index in [-0.39, 0.29) is 36.1 Å². The van der Waals surface area contributed by atoms with Crippen LogP contribution in [0, 0.1) is 0 Å². The van der Waals surface area contributed by atoms with Crippen LogP contribution in [-0.2, 0) is 22.7 Å². The van der Waals surface area contributed by atoms with E-state index in [1.807, 2.05) is 19.0 Å². The molecule has 4 rings (SSSR count). The lowest BCUT2D eigenvalue weighted by molar-refractivity contribution is -0.155. The number of hydrogen-bond donors (Lipinski definition) is 2. The fourth-order valence-electron chi connectivity index (χ4n) is 4.46. The van der Waals surface area contributed by atoms with Crippen molar-refractivity contribution >= 4 is 23.6 Å². The molecule has 4 amide bonds. The SMILES string of the molecule is CN(C)Cc1ccc(C(NC(=O)c2ccc3c(c2)CN(C2CCC(=O)NC2=O)C3=O)C(F)(F)F)cc1. The quantitative estimate of drug-likeness (QED) is 0.592. The van der Waals surface area contributed by atoms with Crippen LogP contribution in [0.15, 0.2) is 42.5 Å². The molecule has 2 unspecified atom stereocenters. The third kappa shape index (κ3) is 5.25. The highest BCUT2D eigenvalue weighted by Gasteiger charge is 2.43. The summed E-state index contributed by atoms with van der Waals surface area (Å²) in [5.74, 6) is -2.36. The lowest BCUT2D eigenvalue weighted by Gasteiger charge is -2.29. The number of benzene rings is 2. The molecule has 2 N–H and O–H groups in total. The predicted molar refractivity (Wildman–Crippen MR) is 123 cm³/mol. The summed E-state index contributed by atoms with van der Waals surface area (Å²) in [6, 6.07) is 6.84. The van der Waals surface area contributed by atoms with E-state index in [4.69, 9.17) is 0 Å². The molecule has 0 bridgehead atoms. The molecule has 36 heavy (non-hydrogen) atoms. The molecule has 0 radical (unpaired) electrons. The lowest BCUT2D eigenvalue weighted by atomic mass is 10.0.